The van der Waals surface area contributed by atoms with Gasteiger partial charge in [0.1, 0.15) is 5.76 Å². The third-order valence-electron chi connectivity index (χ3n) is 3.28. The van der Waals surface area contributed by atoms with Gasteiger partial charge in [-0.3, -0.25) is 4.68 Å². The average Bonchev–Trinajstić information content (AvgIpc) is 3.39. The van der Waals surface area contributed by atoms with E-state index in [1.165, 1.54) is 11.3 Å². The Labute approximate surface area is 145 Å². The molecule has 0 saturated carbocycles. The molecule has 0 aliphatic heterocycles. The molecule has 0 aromatic carbocycles. The van der Waals surface area contributed by atoms with Gasteiger partial charge in [-0.2, -0.15) is 10.1 Å². The highest BCUT2D eigenvalue weighted by molar-refractivity contribution is 7.13. The molecule has 25 heavy (non-hydrogen) atoms. The largest absolute Gasteiger partial charge is 0.452 e. The zero-order valence-electron chi connectivity index (χ0n) is 12.9. The molecule has 0 radical (unpaired) electrons. The van der Waals surface area contributed by atoms with Crippen molar-refractivity contribution in [3.8, 4) is 10.7 Å². The summed E-state index contributed by atoms with van der Waals surface area (Å²) in [5.74, 6) is 0.816. The predicted octanol–water partition coefficient (Wildman–Crippen LogP) is 2.99. The fourth-order valence-electron chi connectivity index (χ4n) is 2.14. The highest BCUT2D eigenvalue weighted by atomic mass is 32.1. The maximum Gasteiger partial charge on any atom is 0.374 e. The van der Waals surface area contributed by atoms with E-state index in [1.54, 1.807) is 29.2 Å². The summed E-state index contributed by atoms with van der Waals surface area (Å²) < 4.78 is 17.4. The Kier molecular flexibility index (Phi) is 4.13. The van der Waals surface area contributed by atoms with Gasteiger partial charge in [0.25, 0.3) is 5.89 Å². The van der Waals surface area contributed by atoms with Crippen LogP contribution < -0.4 is 0 Å². The number of rotatable bonds is 6. The van der Waals surface area contributed by atoms with Crippen LogP contribution in [0.2, 0.25) is 0 Å². The predicted molar refractivity (Wildman–Crippen MR) is 86.8 cm³/mol. The number of carbonyl (C=O) groups is 1. The van der Waals surface area contributed by atoms with Gasteiger partial charge in [0, 0.05) is 12.4 Å². The van der Waals surface area contributed by atoms with E-state index in [2.05, 4.69) is 15.2 Å². The van der Waals surface area contributed by atoms with Gasteiger partial charge in [0.15, 0.2) is 6.61 Å². The Hall–Kier alpha value is -3.20. The highest BCUT2D eigenvalue weighted by Gasteiger charge is 2.16. The summed E-state index contributed by atoms with van der Waals surface area (Å²) in [6.45, 7) is 0.320. The van der Waals surface area contributed by atoms with Crippen molar-refractivity contribution in [2.45, 2.75) is 13.2 Å². The minimum Gasteiger partial charge on any atom is -0.452 e. The van der Waals surface area contributed by atoms with Crippen molar-refractivity contribution < 1.29 is 18.5 Å². The third kappa shape index (κ3) is 3.50. The van der Waals surface area contributed by atoms with Crippen LogP contribution in [-0.2, 0) is 17.9 Å². The van der Waals surface area contributed by atoms with Crippen molar-refractivity contribution in [3.05, 3.63) is 65.5 Å². The molecule has 8 nitrogen and oxygen atoms in total. The van der Waals surface area contributed by atoms with Crippen molar-refractivity contribution in [1.29, 1.82) is 0 Å². The Morgan fingerprint density at radius 3 is 3.04 bits per heavy atom. The number of esters is 1. The van der Waals surface area contributed by atoms with Gasteiger partial charge >= 0.3 is 5.97 Å². The molecule has 4 heterocycles. The van der Waals surface area contributed by atoms with Gasteiger partial charge in [0.2, 0.25) is 11.6 Å². The quantitative estimate of drug-likeness (QED) is 0.490. The van der Waals surface area contributed by atoms with Gasteiger partial charge < -0.3 is 13.7 Å². The van der Waals surface area contributed by atoms with Crippen molar-refractivity contribution >= 4 is 17.3 Å². The smallest absolute Gasteiger partial charge is 0.374 e. The molecule has 4 aromatic rings. The zero-order valence-corrected chi connectivity index (χ0v) is 13.7. The molecule has 0 aliphatic rings. The topological polar surface area (TPSA) is 96.2 Å². The van der Waals surface area contributed by atoms with Gasteiger partial charge in [-0.25, -0.2) is 4.79 Å². The summed E-state index contributed by atoms with van der Waals surface area (Å²) in [5.41, 5.74) is 0. The fraction of sp³-hybridized carbons (Fsp3) is 0.125. The van der Waals surface area contributed by atoms with E-state index in [1.807, 2.05) is 23.6 Å². The summed E-state index contributed by atoms with van der Waals surface area (Å²) >= 11 is 1.50. The Morgan fingerprint density at radius 2 is 2.24 bits per heavy atom. The van der Waals surface area contributed by atoms with Crippen LogP contribution in [0.25, 0.3) is 10.7 Å². The summed E-state index contributed by atoms with van der Waals surface area (Å²) in [7, 11) is 0. The Morgan fingerprint density at radius 1 is 1.28 bits per heavy atom. The number of ether oxygens (including phenoxy) is 1. The van der Waals surface area contributed by atoms with E-state index >= 15 is 0 Å². The van der Waals surface area contributed by atoms with Gasteiger partial charge in [-0.15, -0.1) is 11.3 Å². The van der Waals surface area contributed by atoms with Crippen LogP contribution in [0.3, 0.4) is 0 Å². The molecule has 0 fully saturated rings. The molecule has 126 valence electrons. The Balaban J connectivity index is 1.35. The minimum atomic E-state index is -0.595. The summed E-state index contributed by atoms with van der Waals surface area (Å²) in [6.07, 6.45) is 3.48. The zero-order chi connectivity index (χ0) is 17.1. The van der Waals surface area contributed by atoms with Crippen molar-refractivity contribution in [2.75, 3.05) is 0 Å². The molecular weight excluding hydrogens is 344 g/mol. The van der Waals surface area contributed by atoms with E-state index < -0.39 is 5.97 Å². The van der Waals surface area contributed by atoms with Crippen LogP contribution in [0.4, 0.5) is 0 Å². The highest BCUT2D eigenvalue weighted by Crippen LogP contribution is 2.21. The van der Waals surface area contributed by atoms with Crippen LogP contribution in [0.15, 0.2) is 57.0 Å². The molecule has 0 atom stereocenters. The van der Waals surface area contributed by atoms with E-state index in [4.69, 9.17) is 13.7 Å². The molecule has 0 bridgehead atoms. The van der Waals surface area contributed by atoms with E-state index in [0.717, 1.165) is 4.88 Å². The van der Waals surface area contributed by atoms with Gasteiger partial charge in [-0.1, -0.05) is 11.2 Å². The maximum atomic E-state index is 12.0. The first-order valence-corrected chi connectivity index (χ1v) is 8.25. The van der Waals surface area contributed by atoms with Gasteiger partial charge in [0.05, 0.1) is 11.4 Å². The van der Waals surface area contributed by atoms with Crippen molar-refractivity contribution in [2.24, 2.45) is 0 Å². The van der Waals surface area contributed by atoms with Crippen LogP contribution >= 0.6 is 11.3 Å². The standard InChI is InChI=1S/C16H12N4O4S/c21-16(12-5-4-11(23-12)9-20-7-2-6-17-20)22-10-14-18-15(19-24-14)13-3-1-8-25-13/h1-8H,9-10H2. The number of furan rings is 1. The Bertz CT molecular complexity index is 956. The minimum absolute atomic E-state index is 0.111. The molecule has 0 N–H and O–H groups in total. The maximum absolute atomic E-state index is 12.0. The number of aromatic nitrogens is 4. The van der Waals surface area contributed by atoms with Crippen molar-refractivity contribution in [3.63, 3.8) is 0 Å². The molecule has 0 unspecified atom stereocenters. The lowest BCUT2D eigenvalue weighted by molar-refractivity contribution is 0.0391. The number of hydrogen-bond donors (Lipinski definition) is 0. The number of nitrogens with zero attached hydrogens (tertiary/aromatic N) is 4. The summed E-state index contributed by atoms with van der Waals surface area (Å²) in [5, 5.41) is 9.85. The second-order valence-corrected chi connectivity index (χ2v) is 5.98. The molecule has 0 saturated heterocycles. The number of thiophene rings is 1. The lowest BCUT2D eigenvalue weighted by Gasteiger charge is -1.99. The SMILES string of the molecule is O=C(OCc1nc(-c2cccs2)no1)c1ccc(Cn2cccn2)o1. The number of carbonyl (C=O) groups excluding carboxylic acids is 1. The van der Waals surface area contributed by atoms with Gasteiger partial charge in [-0.05, 0) is 29.6 Å². The molecular formula is C16H12N4O4S. The van der Waals surface area contributed by atoms with Crippen LogP contribution in [0.5, 0.6) is 0 Å². The molecule has 4 aromatic heterocycles. The van der Waals surface area contributed by atoms with E-state index in [-0.39, 0.29) is 18.3 Å². The van der Waals surface area contributed by atoms with Crippen LogP contribution in [-0.4, -0.2) is 25.9 Å². The van der Waals surface area contributed by atoms with Crippen molar-refractivity contribution in [1.82, 2.24) is 19.9 Å². The molecule has 0 aliphatic carbocycles. The first-order chi connectivity index (χ1) is 12.3. The normalized spacial score (nSPS) is 10.9. The first-order valence-electron chi connectivity index (χ1n) is 7.37. The third-order valence-corrected chi connectivity index (χ3v) is 4.14. The monoisotopic (exact) mass is 356 g/mol. The van der Waals surface area contributed by atoms with E-state index in [9.17, 15) is 4.79 Å². The molecule has 0 spiro atoms. The molecule has 4 rings (SSSR count). The average molecular weight is 356 g/mol. The summed E-state index contributed by atoms with van der Waals surface area (Å²) in [4.78, 5) is 17.1. The number of hydrogen-bond acceptors (Lipinski definition) is 8. The lowest BCUT2D eigenvalue weighted by atomic mass is 10.4. The second kappa shape index (κ2) is 6.73. The second-order valence-electron chi connectivity index (χ2n) is 5.03. The lowest BCUT2D eigenvalue weighted by Crippen LogP contribution is -2.04. The fourth-order valence-corrected chi connectivity index (χ4v) is 2.79. The van der Waals surface area contributed by atoms with Crippen LogP contribution in [0, 0.1) is 0 Å². The first kappa shape index (κ1) is 15.3. The molecule has 0 amide bonds. The van der Waals surface area contributed by atoms with Crippen LogP contribution in [0.1, 0.15) is 22.2 Å². The molecule has 9 heteroatoms. The van der Waals surface area contributed by atoms with E-state index in [0.29, 0.717) is 18.1 Å². The summed E-state index contributed by atoms with van der Waals surface area (Å²) in [6, 6.07) is 8.86.